The average Bonchev–Trinajstić information content (AvgIpc) is 2.92. The maximum Gasteiger partial charge on any atom is 0.325 e. The predicted molar refractivity (Wildman–Crippen MR) is 98.8 cm³/mol. The van der Waals surface area contributed by atoms with Crippen LogP contribution in [0, 0.1) is 11.6 Å². The van der Waals surface area contributed by atoms with Gasteiger partial charge in [0.15, 0.2) is 11.6 Å². The van der Waals surface area contributed by atoms with Crippen LogP contribution in [0.25, 0.3) is 0 Å². The van der Waals surface area contributed by atoms with Gasteiger partial charge in [0, 0.05) is 6.54 Å². The summed E-state index contributed by atoms with van der Waals surface area (Å²) in [5.41, 5.74) is -0.708. The number of halogens is 2. The lowest BCUT2D eigenvalue weighted by Gasteiger charge is -2.22. The number of ether oxygens (including phenoxy) is 1. The molecule has 1 aliphatic heterocycles. The van der Waals surface area contributed by atoms with Crippen LogP contribution in [-0.2, 0) is 21.7 Å². The van der Waals surface area contributed by atoms with Gasteiger partial charge in [-0.2, -0.15) is 0 Å². The van der Waals surface area contributed by atoms with Crippen molar-refractivity contribution in [1.29, 1.82) is 0 Å². The van der Waals surface area contributed by atoms with Gasteiger partial charge in [-0.25, -0.2) is 13.6 Å². The molecule has 9 heteroatoms. The van der Waals surface area contributed by atoms with Crippen LogP contribution in [0.15, 0.2) is 42.5 Å². The fourth-order valence-electron chi connectivity index (χ4n) is 2.99. The fourth-order valence-corrected chi connectivity index (χ4v) is 2.99. The standard InChI is InChI=1S/C20H19F2N3O4/c1-20(13-5-8-15(21)16(22)9-13)18(27)25(19(28)24-20)11-17(26)23-10-12-3-6-14(29-2)7-4-12/h3-9H,10-11H2,1-2H3,(H,23,26)(H,24,28)/t20-/m1/s1. The summed E-state index contributed by atoms with van der Waals surface area (Å²) in [7, 11) is 1.54. The number of hydrogen-bond acceptors (Lipinski definition) is 4. The lowest BCUT2D eigenvalue weighted by Crippen LogP contribution is -2.43. The molecule has 1 heterocycles. The molecule has 2 aromatic carbocycles. The van der Waals surface area contributed by atoms with E-state index in [1.54, 1.807) is 31.4 Å². The van der Waals surface area contributed by atoms with Gasteiger partial charge in [-0.3, -0.25) is 14.5 Å². The van der Waals surface area contributed by atoms with Gasteiger partial charge in [0.1, 0.15) is 17.8 Å². The van der Waals surface area contributed by atoms with Gasteiger partial charge in [0.25, 0.3) is 5.91 Å². The molecule has 1 atom stereocenters. The van der Waals surface area contributed by atoms with Crippen LogP contribution in [0.2, 0.25) is 0 Å². The third-order valence-electron chi connectivity index (χ3n) is 4.72. The molecule has 4 amide bonds. The van der Waals surface area contributed by atoms with Gasteiger partial charge in [-0.05, 0) is 42.3 Å². The summed E-state index contributed by atoms with van der Waals surface area (Å²) >= 11 is 0. The Bertz CT molecular complexity index is 965. The van der Waals surface area contributed by atoms with E-state index < -0.39 is 41.6 Å². The molecule has 0 unspecified atom stereocenters. The number of nitrogens with one attached hydrogen (secondary N) is 2. The second kappa shape index (κ2) is 7.86. The van der Waals surface area contributed by atoms with E-state index in [1.165, 1.54) is 13.0 Å². The molecule has 29 heavy (non-hydrogen) atoms. The molecule has 3 rings (SSSR count). The molecular weight excluding hydrogens is 384 g/mol. The molecule has 2 N–H and O–H groups in total. The summed E-state index contributed by atoms with van der Waals surface area (Å²) in [4.78, 5) is 37.9. The molecule has 1 aliphatic rings. The number of carbonyl (C=O) groups excluding carboxylic acids is 3. The van der Waals surface area contributed by atoms with Crippen LogP contribution in [-0.4, -0.2) is 36.4 Å². The first-order valence-electron chi connectivity index (χ1n) is 8.74. The zero-order chi connectivity index (χ0) is 21.2. The molecule has 0 aliphatic carbocycles. The van der Waals surface area contributed by atoms with E-state index in [-0.39, 0.29) is 12.1 Å². The van der Waals surface area contributed by atoms with Crippen LogP contribution in [0.4, 0.5) is 13.6 Å². The monoisotopic (exact) mass is 403 g/mol. The van der Waals surface area contributed by atoms with Crippen LogP contribution >= 0.6 is 0 Å². The van der Waals surface area contributed by atoms with Gasteiger partial charge < -0.3 is 15.4 Å². The number of imide groups is 1. The highest BCUT2D eigenvalue weighted by atomic mass is 19.2. The minimum absolute atomic E-state index is 0.0795. The van der Waals surface area contributed by atoms with Gasteiger partial charge in [0.2, 0.25) is 5.91 Å². The van der Waals surface area contributed by atoms with Crippen molar-refractivity contribution in [2.45, 2.75) is 19.0 Å². The molecule has 152 valence electrons. The largest absolute Gasteiger partial charge is 0.497 e. The number of hydrogen-bond donors (Lipinski definition) is 2. The van der Waals surface area contributed by atoms with E-state index in [0.717, 1.165) is 22.6 Å². The Morgan fingerprint density at radius 1 is 1.14 bits per heavy atom. The minimum Gasteiger partial charge on any atom is -0.497 e. The molecule has 0 aromatic heterocycles. The average molecular weight is 403 g/mol. The van der Waals surface area contributed by atoms with Gasteiger partial charge in [-0.1, -0.05) is 18.2 Å². The van der Waals surface area contributed by atoms with E-state index in [4.69, 9.17) is 4.74 Å². The van der Waals surface area contributed by atoms with E-state index in [0.29, 0.717) is 5.75 Å². The first kappa shape index (κ1) is 20.2. The van der Waals surface area contributed by atoms with Gasteiger partial charge in [0.05, 0.1) is 7.11 Å². The second-order valence-corrected chi connectivity index (χ2v) is 6.70. The minimum atomic E-state index is -1.60. The molecule has 0 saturated carbocycles. The van der Waals surface area contributed by atoms with Crippen LogP contribution in [0.1, 0.15) is 18.1 Å². The van der Waals surface area contributed by atoms with Crippen molar-refractivity contribution >= 4 is 17.8 Å². The quantitative estimate of drug-likeness (QED) is 0.723. The Labute approximate surface area is 165 Å². The summed E-state index contributed by atoms with van der Waals surface area (Å²) in [6, 6.07) is 9.17. The number of benzene rings is 2. The van der Waals surface area contributed by atoms with Crippen LogP contribution in [0.3, 0.4) is 0 Å². The summed E-state index contributed by atoms with van der Waals surface area (Å²) < 4.78 is 31.8. The van der Waals surface area contributed by atoms with Crippen molar-refractivity contribution in [1.82, 2.24) is 15.5 Å². The molecule has 7 nitrogen and oxygen atoms in total. The number of urea groups is 1. The highest BCUT2D eigenvalue weighted by Gasteiger charge is 2.49. The summed E-state index contributed by atoms with van der Waals surface area (Å²) in [6.07, 6.45) is 0. The lowest BCUT2D eigenvalue weighted by molar-refractivity contribution is -0.134. The molecule has 0 spiro atoms. The molecule has 2 aromatic rings. The number of nitrogens with zero attached hydrogens (tertiary/aromatic N) is 1. The van der Waals surface area contributed by atoms with Crippen molar-refractivity contribution in [2.75, 3.05) is 13.7 Å². The number of carbonyl (C=O) groups is 3. The number of amides is 4. The first-order valence-corrected chi connectivity index (χ1v) is 8.74. The fraction of sp³-hybridized carbons (Fsp3) is 0.250. The van der Waals surface area contributed by atoms with Crippen LogP contribution in [0.5, 0.6) is 5.75 Å². The number of methoxy groups -OCH3 is 1. The second-order valence-electron chi connectivity index (χ2n) is 6.70. The Kier molecular flexibility index (Phi) is 5.49. The SMILES string of the molecule is COc1ccc(CNC(=O)CN2C(=O)N[C@](C)(c3ccc(F)c(F)c3)C2=O)cc1. The number of rotatable bonds is 6. The van der Waals surface area contributed by atoms with Crippen molar-refractivity contribution in [3.8, 4) is 5.75 Å². The van der Waals surface area contributed by atoms with E-state index in [2.05, 4.69) is 10.6 Å². The Morgan fingerprint density at radius 3 is 2.45 bits per heavy atom. The smallest absolute Gasteiger partial charge is 0.325 e. The molecule has 0 bridgehead atoms. The third-order valence-corrected chi connectivity index (χ3v) is 4.72. The van der Waals surface area contributed by atoms with Gasteiger partial charge in [-0.15, -0.1) is 0 Å². The Morgan fingerprint density at radius 2 is 1.83 bits per heavy atom. The van der Waals surface area contributed by atoms with Crippen LogP contribution < -0.4 is 15.4 Å². The molecule has 0 radical (unpaired) electrons. The van der Waals surface area contributed by atoms with E-state index in [1.807, 2.05) is 0 Å². The van der Waals surface area contributed by atoms with E-state index >= 15 is 0 Å². The summed E-state index contributed by atoms with van der Waals surface area (Å²) in [5.74, 6) is -2.80. The van der Waals surface area contributed by atoms with Crippen molar-refractivity contribution < 1.29 is 27.9 Å². The summed E-state index contributed by atoms with van der Waals surface area (Å²) in [5, 5.41) is 5.06. The maximum absolute atomic E-state index is 13.6. The van der Waals surface area contributed by atoms with Gasteiger partial charge >= 0.3 is 6.03 Å². The maximum atomic E-state index is 13.6. The molecule has 1 fully saturated rings. The van der Waals surface area contributed by atoms with E-state index in [9.17, 15) is 23.2 Å². The Balaban J connectivity index is 1.66. The zero-order valence-corrected chi connectivity index (χ0v) is 15.8. The van der Waals surface area contributed by atoms with Crippen molar-refractivity contribution in [3.05, 3.63) is 65.2 Å². The highest BCUT2D eigenvalue weighted by Crippen LogP contribution is 2.29. The molecule has 1 saturated heterocycles. The molecular formula is C20H19F2N3O4. The lowest BCUT2D eigenvalue weighted by atomic mass is 9.92. The normalized spacial score (nSPS) is 18.6. The summed E-state index contributed by atoms with van der Waals surface area (Å²) in [6.45, 7) is 1.07. The first-order chi connectivity index (χ1) is 13.7. The van der Waals surface area contributed by atoms with Crippen molar-refractivity contribution in [2.24, 2.45) is 0 Å². The van der Waals surface area contributed by atoms with Crippen molar-refractivity contribution in [3.63, 3.8) is 0 Å². The predicted octanol–water partition coefficient (Wildman–Crippen LogP) is 2.06. The highest BCUT2D eigenvalue weighted by molar-refractivity contribution is 6.09. The third kappa shape index (κ3) is 4.03. The Hall–Kier alpha value is -3.49. The topological polar surface area (TPSA) is 87.7 Å². The zero-order valence-electron chi connectivity index (χ0n) is 15.8.